The van der Waals surface area contributed by atoms with Gasteiger partial charge in [-0.15, -0.1) is 31.4 Å². The first-order valence-electron chi connectivity index (χ1n) is 7.57. The fraction of sp³-hybridized carbons (Fsp3) is 0.529. The summed E-state index contributed by atoms with van der Waals surface area (Å²) in [4.78, 5) is 2.54. The molecule has 2 rings (SSSR count). The van der Waals surface area contributed by atoms with Gasteiger partial charge >= 0.3 is 0 Å². The maximum atomic E-state index is 5.44. The molecule has 0 unspecified atom stereocenters. The van der Waals surface area contributed by atoms with E-state index < -0.39 is 0 Å². The Morgan fingerprint density at radius 2 is 1.83 bits per heavy atom. The molecule has 6 heteroatoms. The molecular formula is C17H28Cl2N2O2. The molecule has 1 aliphatic heterocycles. The second kappa shape index (κ2) is 11.6. The maximum Gasteiger partial charge on any atom is 0.161 e. The smallest absolute Gasteiger partial charge is 0.161 e. The Morgan fingerprint density at radius 1 is 1.17 bits per heavy atom. The zero-order chi connectivity index (χ0) is 15.1. The molecule has 1 saturated heterocycles. The Hall–Kier alpha value is -0.940. The number of nitrogens with zero attached hydrogens (tertiary/aromatic N) is 1. The third-order valence-electron chi connectivity index (χ3n) is 4.03. The van der Waals surface area contributed by atoms with Crippen LogP contribution in [0.5, 0.6) is 11.5 Å². The number of halogens is 2. The van der Waals surface area contributed by atoms with Crippen molar-refractivity contribution in [2.45, 2.75) is 18.9 Å². The molecule has 1 aliphatic rings. The van der Waals surface area contributed by atoms with Gasteiger partial charge in [0.1, 0.15) is 0 Å². The van der Waals surface area contributed by atoms with Gasteiger partial charge in [-0.1, -0.05) is 12.1 Å². The molecule has 0 amide bonds. The van der Waals surface area contributed by atoms with Crippen molar-refractivity contribution in [2.75, 3.05) is 40.4 Å². The second-order valence-corrected chi connectivity index (χ2v) is 5.28. The van der Waals surface area contributed by atoms with Crippen LogP contribution in [0.3, 0.4) is 0 Å². The van der Waals surface area contributed by atoms with Crippen LogP contribution in [-0.4, -0.2) is 45.3 Å². The zero-order valence-corrected chi connectivity index (χ0v) is 15.5. The van der Waals surface area contributed by atoms with Crippen molar-refractivity contribution in [1.82, 2.24) is 10.2 Å². The van der Waals surface area contributed by atoms with Crippen molar-refractivity contribution in [3.05, 3.63) is 36.4 Å². The van der Waals surface area contributed by atoms with Gasteiger partial charge in [-0.05, 0) is 30.5 Å². The van der Waals surface area contributed by atoms with Gasteiger partial charge in [-0.25, -0.2) is 0 Å². The molecule has 0 radical (unpaired) electrons. The number of benzene rings is 1. The van der Waals surface area contributed by atoms with Crippen LogP contribution in [0.15, 0.2) is 30.9 Å². The van der Waals surface area contributed by atoms with Crippen molar-refractivity contribution in [2.24, 2.45) is 0 Å². The molecule has 0 saturated carbocycles. The van der Waals surface area contributed by atoms with Gasteiger partial charge in [-0.2, -0.15) is 0 Å². The summed E-state index contributed by atoms with van der Waals surface area (Å²) in [5.74, 6) is 1.58. The van der Waals surface area contributed by atoms with E-state index in [9.17, 15) is 0 Å². The highest BCUT2D eigenvalue weighted by Crippen LogP contribution is 2.34. The van der Waals surface area contributed by atoms with Gasteiger partial charge in [0.05, 0.1) is 14.2 Å². The third-order valence-corrected chi connectivity index (χ3v) is 4.03. The summed E-state index contributed by atoms with van der Waals surface area (Å²) in [6.07, 6.45) is 4.10. The molecule has 1 aromatic rings. The number of rotatable bonds is 7. The minimum atomic E-state index is 0. The lowest BCUT2D eigenvalue weighted by Gasteiger charge is -2.35. The molecule has 1 atom stereocenters. The highest BCUT2D eigenvalue weighted by Gasteiger charge is 2.22. The van der Waals surface area contributed by atoms with Crippen LogP contribution < -0.4 is 14.8 Å². The Bertz CT molecular complexity index is 466. The summed E-state index contributed by atoms with van der Waals surface area (Å²) in [6, 6.07) is 6.66. The van der Waals surface area contributed by atoms with Crippen LogP contribution in [0.2, 0.25) is 0 Å². The Labute approximate surface area is 152 Å². The number of piperazine rings is 1. The second-order valence-electron chi connectivity index (χ2n) is 5.28. The number of hydrogen-bond acceptors (Lipinski definition) is 4. The van der Waals surface area contributed by atoms with Crippen molar-refractivity contribution in [3.63, 3.8) is 0 Å². The molecule has 0 aliphatic carbocycles. The highest BCUT2D eigenvalue weighted by atomic mass is 35.5. The van der Waals surface area contributed by atoms with Crippen LogP contribution in [0, 0.1) is 0 Å². The van der Waals surface area contributed by atoms with Crippen LogP contribution >= 0.6 is 24.8 Å². The largest absolute Gasteiger partial charge is 0.493 e. The van der Waals surface area contributed by atoms with Crippen LogP contribution in [0.25, 0.3) is 0 Å². The van der Waals surface area contributed by atoms with Crippen LogP contribution in [-0.2, 0) is 0 Å². The Kier molecular flexibility index (Phi) is 11.1. The molecule has 0 aromatic heterocycles. The number of allylic oxidation sites excluding steroid dienone is 1. The Morgan fingerprint density at radius 3 is 2.39 bits per heavy atom. The SMILES string of the molecule is C=CCC[C@@H](c1ccc(OC)c(OC)c1)N1CCNCC1.Cl.Cl. The van der Waals surface area contributed by atoms with Crippen molar-refractivity contribution in [3.8, 4) is 11.5 Å². The van der Waals surface area contributed by atoms with E-state index in [-0.39, 0.29) is 24.8 Å². The minimum absolute atomic E-state index is 0. The lowest BCUT2D eigenvalue weighted by atomic mass is 9.99. The molecule has 23 heavy (non-hydrogen) atoms. The van der Waals surface area contributed by atoms with E-state index in [2.05, 4.69) is 28.9 Å². The van der Waals surface area contributed by atoms with Crippen molar-refractivity contribution >= 4 is 24.8 Å². The van der Waals surface area contributed by atoms with Crippen LogP contribution in [0.1, 0.15) is 24.4 Å². The van der Waals surface area contributed by atoms with Gasteiger partial charge in [-0.3, -0.25) is 4.90 Å². The lowest BCUT2D eigenvalue weighted by Crippen LogP contribution is -2.45. The molecular weight excluding hydrogens is 335 g/mol. The number of hydrogen-bond donors (Lipinski definition) is 1. The topological polar surface area (TPSA) is 33.7 Å². The van der Waals surface area contributed by atoms with E-state index in [4.69, 9.17) is 9.47 Å². The van der Waals surface area contributed by atoms with E-state index in [1.807, 2.05) is 12.1 Å². The van der Waals surface area contributed by atoms with Gasteiger partial charge < -0.3 is 14.8 Å². The van der Waals surface area contributed by atoms with E-state index in [0.717, 1.165) is 50.5 Å². The van der Waals surface area contributed by atoms with Crippen molar-refractivity contribution in [1.29, 1.82) is 0 Å². The first-order valence-corrected chi connectivity index (χ1v) is 7.57. The molecule has 0 spiro atoms. The summed E-state index contributed by atoms with van der Waals surface area (Å²) in [5.41, 5.74) is 1.29. The molecule has 1 fully saturated rings. The molecule has 132 valence electrons. The number of nitrogens with one attached hydrogen (secondary N) is 1. The number of ether oxygens (including phenoxy) is 2. The quantitative estimate of drug-likeness (QED) is 0.753. The lowest BCUT2D eigenvalue weighted by molar-refractivity contribution is 0.166. The summed E-state index contributed by atoms with van der Waals surface area (Å²) < 4.78 is 10.8. The standard InChI is InChI=1S/C17H26N2O2.2ClH/c1-4-5-6-15(19-11-9-18-10-12-19)14-7-8-16(20-2)17(13-14)21-3;;/h4,7-8,13,15,18H,1,5-6,9-12H2,2-3H3;2*1H/t15-;;/m0../s1. The summed E-state index contributed by atoms with van der Waals surface area (Å²) in [6.45, 7) is 8.12. The average molecular weight is 363 g/mol. The van der Waals surface area contributed by atoms with Gasteiger partial charge in [0.15, 0.2) is 11.5 Å². The minimum Gasteiger partial charge on any atom is -0.493 e. The van der Waals surface area contributed by atoms with E-state index >= 15 is 0 Å². The predicted molar refractivity (Wildman–Crippen MR) is 101 cm³/mol. The van der Waals surface area contributed by atoms with Gasteiger partial charge in [0.2, 0.25) is 0 Å². The highest BCUT2D eigenvalue weighted by molar-refractivity contribution is 5.85. The fourth-order valence-corrected chi connectivity index (χ4v) is 2.89. The third kappa shape index (κ3) is 5.88. The molecule has 1 aromatic carbocycles. The first-order chi connectivity index (χ1) is 10.3. The maximum absolute atomic E-state index is 5.44. The number of methoxy groups -OCH3 is 2. The summed E-state index contributed by atoms with van der Waals surface area (Å²) in [7, 11) is 3.36. The van der Waals surface area contributed by atoms with E-state index in [1.165, 1.54) is 5.56 Å². The normalized spacial score (nSPS) is 15.7. The van der Waals surface area contributed by atoms with E-state index in [0.29, 0.717) is 6.04 Å². The average Bonchev–Trinajstić information content (AvgIpc) is 2.56. The monoisotopic (exact) mass is 362 g/mol. The van der Waals surface area contributed by atoms with Crippen LogP contribution in [0.4, 0.5) is 0 Å². The Balaban J connectivity index is 0.00000242. The molecule has 1 N–H and O–H groups in total. The van der Waals surface area contributed by atoms with Crippen molar-refractivity contribution < 1.29 is 9.47 Å². The predicted octanol–water partition coefficient (Wildman–Crippen LogP) is 3.46. The fourth-order valence-electron chi connectivity index (χ4n) is 2.89. The molecule has 1 heterocycles. The first kappa shape index (κ1) is 22.1. The van der Waals surface area contributed by atoms with Gasteiger partial charge in [0, 0.05) is 32.2 Å². The molecule has 4 nitrogen and oxygen atoms in total. The van der Waals surface area contributed by atoms with Gasteiger partial charge in [0.25, 0.3) is 0 Å². The van der Waals surface area contributed by atoms with E-state index in [1.54, 1.807) is 14.2 Å². The summed E-state index contributed by atoms with van der Waals surface area (Å²) >= 11 is 0. The zero-order valence-electron chi connectivity index (χ0n) is 13.9. The summed E-state index contributed by atoms with van der Waals surface area (Å²) in [5, 5.41) is 3.41. The molecule has 0 bridgehead atoms.